The van der Waals surface area contributed by atoms with Crippen LogP contribution in [0, 0.1) is 0 Å². The van der Waals surface area contributed by atoms with E-state index in [0.717, 1.165) is 5.56 Å². The number of carbonyl (C=O) groups excluding carboxylic acids is 2. The third-order valence-corrected chi connectivity index (χ3v) is 4.17. The van der Waals surface area contributed by atoms with Gasteiger partial charge in [-0.15, -0.1) is 11.8 Å². The van der Waals surface area contributed by atoms with E-state index in [1.165, 1.54) is 11.8 Å². The highest BCUT2D eigenvalue weighted by Gasteiger charge is 2.07. The molecule has 0 unspecified atom stereocenters. The van der Waals surface area contributed by atoms with Crippen LogP contribution in [0.25, 0.3) is 0 Å². The lowest BCUT2D eigenvalue weighted by atomic mass is 10.2. The maximum Gasteiger partial charge on any atom is 0.234 e. The first-order valence-electron chi connectivity index (χ1n) is 7.19. The van der Waals surface area contributed by atoms with Crippen molar-refractivity contribution in [1.29, 1.82) is 0 Å². The van der Waals surface area contributed by atoms with E-state index < -0.39 is 0 Å². The predicted molar refractivity (Wildman–Crippen MR) is 98.4 cm³/mol. The molecule has 0 spiro atoms. The largest absolute Gasteiger partial charge is 0.392 e. The number of aliphatic hydroxyl groups is 1. The third-order valence-electron chi connectivity index (χ3n) is 2.99. The van der Waals surface area contributed by atoms with Crippen LogP contribution in [-0.4, -0.2) is 28.4 Å². The monoisotopic (exact) mass is 364 g/mol. The summed E-state index contributed by atoms with van der Waals surface area (Å²) >= 11 is 7.00. The molecule has 2 amide bonds. The van der Waals surface area contributed by atoms with Crippen LogP contribution >= 0.6 is 23.4 Å². The van der Waals surface area contributed by atoms with Crippen molar-refractivity contribution in [2.24, 2.45) is 0 Å². The van der Waals surface area contributed by atoms with Gasteiger partial charge in [-0.25, -0.2) is 0 Å². The summed E-state index contributed by atoms with van der Waals surface area (Å²) in [4.78, 5) is 23.6. The number of anilines is 2. The quantitative estimate of drug-likeness (QED) is 0.705. The maximum absolute atomic E-state index is 11.8. The van der Waals surface area contributed by atoms with Crippen LogP contribution < -0.4 is 10.6 Å². The molecule has 2 rings (SSSR count). The van der Waals surface area contributed by atoms with E-state index in [0.29, 0.717) is 16.4 Å². The molecule has 0 radical (unpaired) electrons. The van der Waals surface area contributed by atoms with Crippen molar-refractivity contribution in [3.05, 3.63) is 59.1 Å². The number of amides is 2. The van der Waals surface area contributed by atoms with E-state index in [9.17, 15) is 9.59 Å². The lowest BCUT2D eigenvalue weighted by Crippen LogP contribution is -2.18. The van der Waals surface area contributed by atoms with Crippen LogP contribution in [0.2, 0.25) is 5.02 Å². The van der Waals surface area contributed by atoms with Crippen molar-refractivity contribution >= 4 is 46.6 Å². The number of benzene rings is 2. The van der Waals surface area contributed by atoms with Crippen molar-refractivity contribution in [3.63, 3.8) is 0 Å². The molecule has 0 aromatic heterocycles. The highest BCUT2D eigenvalue weighted by molar-refractivity contribution is 8.00. The average molecular weight is 365 g/mol. The molecule has 2 aromatic rings. The maximum atomic E-state index is 11.8. The first kappa shape index (κ1) is 18.3. The minimum atomic E-state index is -0.200. The van der Waals surface area contributed by atoms with Gasteiger partial charge in [0.1, 0.15) is 0 Å². The Kier molecular flexibility index (Phi) is 7.11. The smallest absolute Gasteiger partial charge is 0.234 e. The fourth-order valence-corrected chi connectivity index (χ4v) is 2.65. The zero-order valence-corrected chi connectivity index (χ0v) is 14.4. The van der Waals surface area contributed by atoms with Crippen molar-refractivity contribution < 1.29 is 14.7 Å². The van der Waals surface area contributed by atoms with Crippen LogP contribution in [0.5, 0.6) is 0 Å². The van der Waals surface area contributed by atoms with Gasteiger partial charge in [0.2, 0.25) is 11.8 Å². The topological polar surface area (TPSA) is 78.4 Å². The van der Waals surface area contributed by atoms with E-state index >= 15 is 0 Å². The van der Waals surface area contributed by atoms with Crippen molar-refractivity contribution in [2.75, 3.05) is 22.1 Å². The van der Waals surface area contributed by atoms with E-state index in [-0.39, 0.29) is 29.9 Å². The van der Waals surface area contributed by atoms with E-state index in [4.69, 9.17) is 16.7 Å². The van der Waals surface area contributed by atoms with Gasteiger partial charge < -0.3 is 15.7 Å². The second-order valence-corrected chi connectivity index (χ2v) is 6.38. The molecule has 0 aliphatic heterocycles. The highest BCUT2D eigenvalue weighted by atomic mass is 35.5. The number of halogens is 1. The third kappa shape index (κ3) is 6.23. The standard InChI is InChI=1S/C17H17ClN2O3S/c18-13-4-6-14(7-5-13)19-16(22)10-24-11-17(23)20-15-3-1-2-12(8-15)9-21/h1-8,21H,9-11H2,(H,19,22)(H,20,23). The highest BCUT2D eigenvalue weighted by Crippen LogP contribution is 2.14. The molecule has 0 bridgehead atoms. The molecule has 3 N–H and O–H groups in total. The number of hydrogen-bond donors (Lipinski definition) is 3. The number of nitrogens with one attached hydrogen (secondary N) is 2. The molecule has 0 fully saturated rings. The Bertz CT molecular complexity index is 707. The summed E-state index contributed by atoms with van der Waals surface area (Å²) in [5.74, 6) is -0.0452. The van der Waals surface area contributed by atoms with Gasteiger partial charge in [0.05, 0.1) is 18.1 Å². The van der Waals surface area contributed by atoms with Gasteiger partial charge in [-0.2, -0.15) is 0 Å². The molecule has 0 aliphatic carbocycles. The normalized spacial score (nSPS) is 10.2. The Morgan fingerprint density at radius 1 is 0.958 bits per heavy atom. The molecule has 0 saturated heterocycles. The number of rotatable bonds is 7. The average Bonchev–Trinajstić information content (AvgIpc) is 2.57. The molecule has 0 aliphatic rings. The van der Waals surface area contributed by atoms with Crippen LogP contribution in [0.1, 0.15) is 5.56 Å². The molecule has 7 heteroatoms. The molecule has 2 aromatic carbocycles. The fraction of sp³-hybridized carbons (Fsp3) is 0.176. The summed E-state index contributed by atoms with van der Waals surface area (Å²) in [6, 6.07) is 13.8. The van der Waals surface area contributed by atoms with Gasteiger partial charge in [0.15, 0.2) is 0 Å². The zero-order valence-electron chi connectivity index (χ0n) is 12.8. The minimum absolute atomic E-state index is 0.0800. The van der Waals surface area contributed by atoms with Gasteiger partial charge in [-0.05, 0) is 42.0 Å². The van der Waals surface area contributed by atoms with Gasteiger partial charge >= 0.3 is 0 Å². The second kappa shape index (κ2) is 9.32. The van der Waals surface area contributed by atoms with Crippen LogP contribution in [0.15, 0.2) is 48.5 Å². The first-order valence-corrected chi connectivity index (χ1v) is 8.73. The van der Waals surface area contributed by atoms with Gasteiger partial charge in [0, 0.05) is 16.4 Å². The molecule has 24 heavy (non-hydrogen) atoms. The van der Waals surface area contributed by atoms with Crippen molar-refractivity contribution in [1.82, 2.24) is 0 Å². The molecule has 0 atom stereocenters. The molecular weight excluding hydrogens is 348 g/mol. The summed E-state index contributed by atoms with van der Waals surface area (Å²) < 4.78 is 0. The molecular formula is C17H17ClN2O3S. The van der Waals surface area contributed by atoms with Crippen LogP contribution in [-0.2, 0) is 16.2 Å². The minimum Gasteiger partial charge on any atom is -0.392 e. The number of hydrogen-bond acceptors (Lipinski definition) is 4. The summed E-state index contributed by atoms with van der Waals surface area (Å²) in [7, 11) is 0. The summed E-state index contributed by atoms with van der Waals surface area (Å²) in [5, 5.41) is 15.1. The van der Waals surface area contributed by atoms with E-state index in [1.54, 1.807) is 48.5 Å². The molecule has 0 heterocycles. The zero-order chi connectivity index (χ0) is 17.4. The molecule has 0 saturated carbocycles. The van der Waals surface area contributed by atoms with Crippen LogP contribution in [0.4, 0.5) is 11.4 Å². The fourth-order valence-electron chi connectivity index (χ4n) is 1.91. The number of thioether (sulfide) groups is 1. The Balaban J connectivity index is 1.71. The number of carbonyl (C=O) groups is 2. The summed E-state index contributed by atoms with van der Waals surface area (Å²) in [6.07, 6.45) is 0. The van der Waals surface area contributed by atoms with E-state index in [2.05, 4.69) is 10.6 Å². The Hall–Kier alpha value is -2.02. The Labute approximate surface area is 149 Å². The van der Waals surface area contributed by atoms with E-state index in [1.807, 2.05) is 0 Å². The number of aliphatic hydroxyl groups excluding tert-OH is 1. The van der Waals surface area contributed by atoms with Gasteiger partial charge in [0.25, 0.3) is 0 Å². The Morgan fingerprint density at radius 3 is 2.21 bits per heavy atom. The first-order chi connectivity index (χ1) is 11.6. The lowest BCUT2D eigenvalue weighted by molar-refractivity contribution is -0.114. The lowest BCUT2D eigenvalue weighted by Gasteiger charge is -2.07. The van der Waals surface area contributed by atoms with Gasteiger partial charge in [-0.1, -0.05) is 23.7 Å². The van der Waals surface area contributed by atoms with Gasteiger partial charge in [-0.3, -0.25) is 9.59 Å². The molecule has 5 nitrogen and oxygen atoms in total. The molecule has 126 valence electrons. The second-order valence-electron chi connectivity index (χ2n) is 4.95. The van der Waals surface area contributed by atoms with Crippen molar-refractivity contribution in [2.45, 2.75) is 6.61 Å². The van der Waals surface area contributed by atoms with Crippen LogP contribution in [0.3, 0.4) is 0 Å². The Morgan fingerprint density at radius 2 is 1.58 bits per heavy atom. The SMILES string of the molecule is O=C(CSCC(=O)Nc1cccc(CO)c1)Nc1ccc(Cl)cc1. The summed E-state index contributed by atoms with van der Waals surface area (Å²) in [6.45, 7) is -0.0800. The van der Waals surface area contributed by atoms with Crippen molar-refractivity contribution in [3.8, 4) is 0 Å². The summed E-state index contributed by atoms with van der Waals surface area (Å²) in [5.41, 5.74) is 2.01. The predicted octanol–water partition coefficient (Wildman–Crippen LogP) is 3.14.